The van der Waals surface area contributed by atoms with Gasteiger partial charge in [0.2, 0.25) is 0 Å². The summed E-state index contributed by atoms with van der Waals surface area (Å²) in [5.41, 5.74) is 2.12. The number of benzene rings is 2. The summed E-state index contributed by atoms with van der Waals surface area (Å²) in [6, 6.07) is 11.1. The molecule has 0 aliphatic rings. The molecule has 0 fully saturated rings. The Bertz CT molecular complexity index is 497. The van der Waals surface area contributed by atoms with Crippen molar-refractivity contribution in [1.29, 1.82) is 0 Å². The first-order valence-electron chi connectivity index (χ1n) is 4.52. The molecule has 0 aliphatic carbocycles. The van der Waals surface area contributed by atoms with Crippen LogP contribution in [0, 0.1) is 0 Å². The van der Waals surface area contributed by atoms with E-state index in [4.69, 9.17) is 0 Å². The Kier molecular flexibility index (Phi) is 3.72. The van der Waals surface area contributed by atoms with E-state index in [1.165, 1.54) is 0 Å². The van der Waals surface area contributed by atoms with E-state index in [0.29, 0.717) is 0 Å². The highest BCUT2D eigenvalue weighted by Crippen LogP contribution is 2.37. The molecule has 0 amide bonds. The molecule has 0 saturated carbocycles. The number of hydrogen-bond donors (Lipinski definition) is 1. The third kappa shape index (κ3) is 2.50. The van der Waals surface area contributed by atoms with Crippen molar-refractivity contribution in [3.05, 3.63) is 49.8 Å². The third-order valence-corrected chi connectivity index (χ3v) is 3.87. The predicted octanol–water partition coefficient (Wildman–Crippen LogP) is 5.35. The van der Waals surface area contributed by atoms with Crippen molar-refractivity contribution in [2.24, 2.45) is 0 Å². The zero-order valence-corrected chi connectivity index (χ0v) is 12.8. The molecule has 2 aromatic rings. The van der Waals surface area contributed by atoms with Crippen molar-refractivity contribution in [1.82, 2.24) is 0 Å². The Morgan fingerprint density at radius 3 is 1.81 bits per heavy atom. The van der Waals surface area contributed by atoms with E-state index in [2.05, 4.69) is 47.8 Å². The number of phenolic OH excluding ortho intramolecular Hbond substituents is 1. The molecule has 0 unspecified atom stereocenters. The largest absolute Gasteiger partial charge is 0.508 e. The highest BCUT2D eigenvalue weighted by atomic mass is 79.9. The molecule has 0 spiro atoms. The molecule has 0 aliphatic heterocycles. The van der Waals surface area contributed by atoms with E-state index in [9.17, 15) is 5.11 Å². The van der Waals surface area contributed by atoms with Gasteiger partial charge < -0.3 is 5.11 Å². The van der Waals surface area contributed by atoms with Crippen LogP contribution in [0.25, 0.3) is 11.1 Å². The molecular formula is C12H7Br3O. The lowest BCUT2D eigenvalue weighted by Crippen LogP contribution is -1.82. The molecule has 16 heavy (non-hydrogen) atoms. The van der Waals surface area contributed by atoms with Crippen LogP contribution in [0.2, 0.25) is 0 Å². The normalized spacial score (nSPS) is 10.4. The van der Waals surface area contributed by atoms with Crippen molar-refractivity contribution in [2.45, 2.75) is 0 Å². The Hall–Kier alpha value is -0.320. The van der Waals surface area contributed by atoms with E-state index in [1.807, 2.05) is 24.3 Å². The van der Waals surface area contributed by atoms with Crippen LogP contribution in [-0.2, 0) is 0 Å². The zero-order valence-electron chi connectivity index (χ0n) is 8.05. The van der Waals surface area contributed by atoms with Crippen LogP contribution in [0.4, 0.5) is 0 Å². The van der Waals surface area contributed by atoms with Gasteiger partial charge in [-0.2, -0.15) is 0 Å². The predicted molar refractivity (Wildman–Crippen MR) is 76.6 cm³/mol. The highest BCUT2D eigenvalue weighted by molar-refractivity contribution is 9.11. The second kappa shape index (κ2) is 4.90. The van der Waals surface area contributed by atoms with Gasteiger partial charge in [0.05, 0.1) is 0 Å². The summed E-state index contributed by atoms with van der Waals surface area (Å²) < 4.78 is 3.01. The topological polar surface area (TPSA) is 20.2 Å². The number of rotatable bonds is 1. The average molecular weight is 407 g/mol. The maximum absolute atomic E-state index is 9.26. The van der Waals surface area contributed by atoms with E-state index >= 15 is 0 Å². The van der Waals surface area contributed by atoms with Crippen molar-refractivity contribution < 1.29 is 5.11 Å². The summed E-state index contributed by atoms with van der Waals surface area (Å²) >= 11 is 10.5. The lowest BCUT2D eigenvalue weighted by molar-refractivity contribution is 0.475. The van der Waals surface area contributed by atoms with Crippen molar-refractivity contribution in [3.63, 3.8) is 0 Å². The second-order valence-electron chi connectivity index (χ2n) is 3.29. The maximum Gasteiger partial charge on any atom is 0.115 e. The maximum atomic E-state index is 9.26. The van der Waals surface area contributed by atoms with Gasteiger partial charge in [-0.1, -0.05) is 59.9 Å². The van der Waals surface area contributed by atoms with Crippen LogP contribution >= 0.6 is 47.8 Å². The Morgan fingerprint density at radius 2 is 1.31 bits per heavy atom. The first-order valence-corrected chi connectivity index (χ1v) is 6.90. The van der Waals surface area contributed by atoms with Crippen molar-refractivity contribution in [3.8, 4) is 16.9 Å². The lowest BCUT2D eigenvalue weighted by Gasteiger charge is -2.08. The minimum absolute atomic E-state index is 0.271. The Balaban J connectivity index is 2.60. The van der Waals surface area contributed by atoms with E-state index in [0.717, 1.165) is 24.5 Å². The fourth-order valence-electron chi connectivity index (χ4n) is 1.45. The summed E-state index contributed by atoms with van der Waals surface area (Å²) in [6.45, 7) is 0. The fraction of sp³-hybridized carbons (Fsp3) is 0. The van der Waals surface area contributed by atoms with E-state index < -0.39 is 0 Å². The van der Waals surface area contributed by atoms with Crippen LogP contribution in [0.1, 0.15) is 0 Å². The number of aromatic hydroxyl groups is 1. The van der Waals surface area contributed by atoms with Gasteiger partial charge in [0.25, 0.3) is 0 Å². The zero-order chi connectivity index (χ0) is 11.7. The number of hydrogen-bond acceptors (Lipinski definition) is 1. The molecule has 2 rings (SSSR count). The molecule has 0 aromatic heterocycles. The Labute approximate surface area is 119 Å². The number of halogens is 3. The monoisotopic (exact) mass is 404 g/mol. The summed E-state index contributed by atoms with van der Waals surface area (Å²) in [5.74, 6) is 0.271. The molecular weight excluding hydrogens is 400 g/mol. The van der Waals surface area contributed by atoms with Gasteiger partial charge in [0.1, 0.15) is 5.75 Å². The van der Waals surface area contributed by atoms with Crippen molar-refractivity contribution >= 4 is 47.8 Å². The Morgan fingerprint density at radius 1 is 0.812 bits per heavy atom. The van der Waals surface area contributed by atoms with E-state index in [-0.39, 0.29) is 5.75 Å². The highest BCUT2D eigenvalue weighted by Gasteiger charge is 2.08. The van der Waals surface area contributed by atoms with Gasteiger partial charge in [-0.15, -0.1) is 0 Å². The van der Waals surface area contributed by atoms with Gasteiger partial charge in [-0.25, -0.2) is 0 Å². The smallest absolute Gasteiger partial charge is 0.115 e. The summed E-state index contributed by atoms with van der Waals surface area (Å²) in [4.78, 5) is 0. The third-order valence-electron chi connectivity index (χ3n) is 2.16. The molecule has 82 valence electrons. The standard InChI is InChI=1S/C12H7Br3O/c13-8-5-10(14)12(11(15)6-8)7-1-3-9(16)4-2-7/h1-6,16H. The molecule has 4 heteroatoms. The quantitative estimate of drug-likeness (QED) is 0.677. The van der Waals surface area contributed by atoms with Gasteiger partial charge in [-0.3, -0.25) is 0 Å². The van der Waals surface area contributed by atoms with Crippen LogP contribution in [0.3, 0.4) is 0 Å². The molecule has 0 heterocycles. The lowest BCUT2D eigenvalue weighted by atomic mass is 10.1. The van der Waals surface area contributed by atoms with Crippen LogP contribution in [0.5, 0.6) is 5.75 Å². The molecule has 0 atom stereocenters. The minimum atomic E-state index is 0.271. The van der Waals surface area contributed by atoms with Gasteiger partial charge in [0, 0.05) is 19.0 Å². The summed E-state index contributed by atoms with van der Waals surface area (Å²) in [7, 11) is 0. The van der Waals surface area contributed by atoms with Crippen LogP contribution in [0.15, 0.2) is 49.8 Å². The second-order valence-corrected chi connectivity index (χ2v) is 5.92. The minimum Gasteiger partial charge on any atom is -0.508 e. The average Bonchev–Trinajstić information content (AvgIpc) is 2.19. The molecule has 1 N–H and O–H groups in total. The first kappa shape index (κ1) is 12.1. The molecule has 0 saturated heterocycles. The van der Waals surface area contributed by atoms with Gasteiger partial charge >= 0.3 is 0 Å². The number of phenols is 1. The van der Waals surface area contributed by atoms with Gasteiger partial charge in [0.15, 0.2) is 0 Å². The van der Waals surface area contributed by atoms with Crippen LogP contribution < -0.4 is 0 Å². The molecule has 2 aromatic carbocycles. The molecule has 1 nitrogen and oxygen atoms in total. The SMILES string of the molecule is Oc1ccc(-c2c(Br)cc(Br)cc2Br)cc1. The molecule has 0 bridgehead atoms. The molecule has 0 radical (unpaired) electrons. The van der Waals surface area contributed by atoms with Gasteiger partial charge in [-0.05, 0) is 29.8 Å². The van der Waals surface area contributed by atoms with E-state index in [1.54, 1.807) is 12.1 Å². The first-order chi connectivity index (χ1) is 7.58. The van der Waals surface area contributed by atoms with Crippen LogP contribution in [-0.4, -0.2) is 5.11 Å². The van der Waals surface area contributed by atoms with Crippen molar-refractivity contribution in [2.75, 3.05) is 0 Å². The fourth-order valence-corrected chi connectivity index (χ4v) is 4.16. The summed E-state index contributed by atoms with van der Waals surface area (Å²) in [5, 5.41) is 9.26. The summed E-state index contributed by atoms with van der Waals surface area (Å²) in [6.07, 6.45) is 0.